The van der Waals surface area contributed by atoms with E-state index in [9.17, 15) is 24.0 Å². The lowest BCUT2D eigenvalue weighted by Gasteiger charge is -2.31. The lowest BCUT2D eigenvalue weighted by atomic mass is 9.84. The fourth-order valence-electron chi connectivity index (χ4n) is 5.47. The van der Waals surface area contributed by atoms with Crippen molar-refractivity contribution in [1.82, 2.24) is 20.4 Å². The molecule has 0 radical (unpaired) electrons. The van der Waals surface area contributed by atoms with Gasteiger partial charge in [0, 0.05) is 57.9 Å². The van der Waals surface area contributed by atoms with Crippen LogP contribution in [0.4, 0.5) is 0 Å². The van der Waals surface area contributed by atoms with Gasteiger partial charge in [0.15, 0.2) is 5.78 Å². The zero-order chi connectivity index (χ0) is 33.9. The van der Waals surface area contributed by atoms with Gasteiger partial charge in [-0.25, -0.2) is 0 Å². The molecule has 0 spiro atoms. The van der Waals surface area contributed by atoms with Crippen molar-refractivity contribution in [2.45, 2.75) is 97.4 Å². The van der Waals surface area contributed by atoms with E-state index in [1.54, 1.807) is 24.3 Å². The minimum atomic E-state index is -0.784. The molecule has 1 fully saturated rings. The van der Waals surface area contributed by atoms with Crippen molar-refractivity contribution in [1.29, 1.82) is 0 Å². The molecule has 11 heteroatoms. The number of hydrogen-bond donors (Lipinski definition) is 3. The van der Waals surface area contributed by atoms with Crippen LogP contribution in [0.25, 0.3) is 0 Å². The van der Waals surface area contributed by atoms with Crippen LogP contribution < -0.4 is 21.1 Å². The van der Waals surface area contributed by atoms with Crippen molar-refractivity contribution >= 4 is 29.5 Å². The van der Waals surface area contributed by atoms with Crippen LogP contribution in [-0.2, 0) is 30.4 Å². The molecule has 258 valence electrons. The summed E-state index contributed by atoms with van der Waals surface area (Å²) in [5, 5.41) is 5.91. The molecule has 3 atom stereocenters. The Bertz CT molecular complexity index is 1100. The summed E-state index contributed by atoms with van der Waals surface area (Å²) in [4.78, 5) is 67.5. The Balaban J connectivity index is 2.04. The molecule has 1 heterocycles. The first-order valence-corrected chi connectivity index (χ1v) is 17.1. The van der Waals surface area contributed by atoms with Crippen molar-refractivity contribution in [2.24, 2.45) is 17.6 Å². The second kappa shape index (κ2) is 21.5. The van der Waals surface area contributed by atoms with Gasteiger partial charge in [-0.05, 0) is 56.3 Å². The van der Waals surface area contributed by atoms with Gasteiger partial charge >= 0.3 is 5.97 Å². The van der Waals surface area contributed by atoms with Crippen LogP contribution in [-0.4, -0.2) is 91.6 Å². The summed E-state index contributed by atoms with van der Waals surface area (Å²) in [5.74, 6) is -1.31. The van der Waals surface area contributed by atoms with Gasteiger partial charge in [-0.2, -0.15) is 0 Å². The predicted octanol–water partition coefficient (Wildman–Crippen LogP) is 3.23. The Kier molecular flexibility index (Phi) is 18.1. The maximum absolute atomic E-state index is 13.7. The molecule has 0 aromatic heterocycles. The first-order valence-electron chi connectivity index (χ1n) is 17.1. The molecule has 1 aromatic rings. The molecule has 1 aliphatic rings. The van der Waals surface area contributed by atoms with E-state index in [0.717, 1.165) is 70.3 Å². The monoisotopic (exact) mass is 643 g/mol. The van der Waals surface area contributed by atoms with Crippen LogP contribution in [0.1, 0.15) is 90.5 Å². The number of carbonyl (C=O) groups excluding carboxylic acids is 5. The number of primary amides is 1. The van der Waals surface area contributed by atoms with Gasteiger partial charge in [0.25, 0.3) is 0 Å². The van der Waals surface area contributed by atoms with Crippen LogP contribution in [0.5, 0.6) is 5.75 Å². The summed E-state index contributed by atoms with van der Waals surface area (Å²) >= 11 is 0. The number of likely N-dealkylation sites (N-methyl/N-ethyl adjacent to an activating group) is 1. The Morgan fingerprint density at radius 2 is 1.59 bits per heavy atom. The number of nitrogens with zero attached hydrogens (tertiary/aromatic N) is 2. The lowest BCUT2D eigenvalue weighted by Crippen LogP contribution is -2.46. The number of benzene rings is 1. The highest BCUT2D eigenvalue weighted by Gasteiger charge is 2.30. The van der Waals surface area contributed by atoms with Crippen LogP contribution in [0.3, 0.4) is 0 Å². The maximum atomic E-state index is 13.7. The number of carbonyl (C=O) groups is 5. The standard InChI is InChI=1S/C35H57N5O6/c1-5-7-9-13-33(43)38-30(31(41)24-29(26(3)6-2)35(45)37-18-11-8-10-12-32(36)42)23-27-14-16-28(17-15-27)46-34(44)25-40-21-19-39(4)20-22-40/h14-17,26,29-30H,5-13,18-25H2,1-4H3,(H2,36,42)(H,37,45)(H,38,43)/t26-,29-,30-/m0/s1. The summed E-state index contributed by atoms with van der Waals surface area (Å²) in [6, 6.07) is 6.24. The average molecular weight is 644 g/mol. The van der Waals surface area contributed by atoms with Crippen LogP contribution in [0, 0.1) is 11.8 Å². The van der Waals surface area contributed by atoms with Gasteiger partial charge in [0.1, 0.15) is 5.75 Å². The van der Waals surface area contributed by atoms with E-state index in [2.05, 4.69) is 34.4 Å². The molecule has 0 bridgehead atoms. The molecule has 3 amide bonds. The van der Waals surface area contributed by atoms with E-state index < -0.39 is 12.0 Å². The van der Waals surface area contributed by atoms with Crippen molar-refractivity contribution in [2.75, 3.05) is 46.3 Å². The Morgan fingerprint density at radius 1 is 0.913 bits per heavy atom. The van der Waals surface area contributed by atoms with Crippen molar-refractivity contribution in [3.63, 3.8) is 0 Å². The number of amides is 3. The lowest BCUT2D eigenvalue weighted by molar-refractivity contribution is -0.136. The van der Waals surface area contributed by atoms with Crippen molar-refractivity contribution in [3.8, 4) is 5.75 Å². The minimum Gasteiger partial charge on any atom is -0.426 e. The molecule has 0 unspecified atom stereocenters. The summed E-state index contributed by atoms with van der Waals surface area (Å²) < 4.78 is 5.56. The van der Waals surface area contributed by atoms with Crippen LogP contribution in [0.2, 0.25) is 0 Å². The topological polar surface area (TPSA) is 151 Å². The Morgan fingerprint density at radius 3 is 2.22 bits per heavy atom. The number of esters is 1. The minimum absolute atomic E-state index is 0.0183. The number of Topliss-reactive ketones (excluding diaryl/α,β-unsaturated/α-hetero) is 1. The normalized spacial score (nSPS) is 15.8. The highest BCUT2D eigenvalue weighted by atomic mass is 16.5. The third-order valence-corrected chi connectivity index (χ3v) is 8.76. The number of unbranched alkanes of at least 4 members (excludes halogenated alkanes) is 4. The molecule has 1 saturated heterocycles. The largest absolute Gasteiger partial charge is 0.426 e. The van der Waals surface area contributed by atoms with Crippen molar-refractivity contribution < 1.29 is 28.7 Å². The summed E-state index contributed by atoms with van der Waals surface area (Å²) in [6.45, 7) is 10.2. The first kappa shape index (κ1) is 38.9. The molecule has 0 aliphatic carbocycles. The van der Waals surface area contributed by atoms with E-state index in [4.69, 9.17) is 10.5 Å². The highest BCUT2D eigenvalue weighted by Crippen LogP contribution is 2.22. The second-order valence-electron chi connectivity index (χ2n) is 12.7. The van der Waals surface area contributed by atoms with Crippen LogP contribution in [0.15, 0.2) is 24.3 Å². The first-order chi connectivity index (χ1) is 22.0. The Labute approximate surface area is 275 Å². The summed E-state index contributed by atoms with van der Waals surface area (Å²) in [6.07, 6.45) is 6.51. The van der Waals surface area contributed by atoms with E-state index >= 15 is 0 Å². The number of nitrogens with two attached hydrogens (primary N) is 1. The fourth-order valence-corrected chi connectivity index (χ4v) is 5.47. The second-order valence-corrected chi connectivity index (χ2v) is 12.7. The zero-order valence-corrected chi connectivity index (χ0v) is 28.5. The smallest absolute Gasteiger partial charge is 0.325 e. The maximum Gasteiger partial charge on any atom is 0.325 e. The quantitative estimate of drug-likeness (QED) is 0.0990. The third kappa shape index (κ3) is 15.3. The molecule has 4 N–H and O–H groups in total. The number of rotatable bonds is 22. The summed E-state index contributed by atoms with van der Waals surface area (Å²) in [5.41, 5.74) is 6.00. The van der Waals surface area contributed by atoms with Gasteiger partial charge in [-0.15, -0.1) is 0 Å². The molecule has 2 rings (SSSR count). The fraction of sp³-hybridized carbons (Fsp3) is 0.686. The zero-order valence-electron chi connectivity index (χ0n) is 28.5. The summed E-state index contributed by atoms with van der Waals surface area (Å²) in [7, 11) is 2.06. The van der Waals surface area contributed by atoms with E-state index in [1.165, 1.54) is 0 Å². The highest BCUT2D eigenvalue weighted by molar-refractivity contribution is 5.92. The van der Waals surface area contributed by atoms with Crippen LogP contribution >= 0.6 is 0 Å². The van der Waals surface area contributed by atoms with Gasteiger partial charge in [0.2, 0.25) is 17.7 Å². The number of ketones is 1. The number of piperazine rings is 1. The van der Waals surface area contributed by atoms with Gasteiger partial charge in [-0.1, -0.05) is 58.6 Å². The molecule has 46 heavy (non-hydrogen) atoms. The molecular weight excluding hydrogens is 586 g/mol. The molecular formula is C35H57N5O6. The number of hydrogen-bond acceptors (Lipinski definition) is 8. The molecule has 0 saturated carbocycles. The Hall–Kier alpha value is -3.31. The average Bonchev–Trinajstić information content (AvgIpc) is 3.02. The molecule has 1 aromatic carbocycles. The van der Waals surface area contributed by atoms with E-state index in [-0.39, 0.29) is 54.8 Å². The number of ether oxygens (including phenoxy) is 1. The van der Waals surface area contributed by atoms with Gasteiger partial charge in [0.05, 0.1) is 12.6 Å². The van der Waals surface area contributed by atoms with E-state index in [0.29, 0.717) is 31.6 Å². The SMILES string of the molecule is CCCCCC(=O)N[C@@H](Cc1ccc(OC(=O)CN2CCN(C)CC2)cc1)C(=O)C[C@H](C(=O)NCCCCCC(N)=O)[C@@H](C)CC. The molecule has 1 aliphatic heterocycles. The van der Waals surface area contributed by atoms with E-state index in [1.807, 2.05) is 13.8 Å². The number of nitrogens with one attached hydrogen (secondary N) is 2. The third-order valence-electron chi connectivity index (χ3n) is 8.76. The van der Waals surface area contributed by atoms with Crippen molar-refractivity contribution in [3.05, 3.63) is 29.8 Å². The van der Waals surface area contributed by atoms with Gasteiger partial charge in [-0.3, -0.25) is 28.9 Å². The molecule has 11 nitrogen and oxygen atoms in total. The van der Waals surface area contributed by atoms with Gasteiger partial charge < -0.3 is 26.0 Å². The predicted molar refractivity (Wildman–Crippen MR) is 179 cm³/mol.